The van der Waals surface area contributed by atoms with Gasteiger partial charge in [-0.25, -0.2) is 4.58 Å². The quantitative estimate of drug-likeness (QED) is 0.603. The third-order valence-corrected chi connectivity index (χ3v) is 3.53. The molecule has 1 fully saturated rings. The molecular formula is C13H18N3O+. The molecule has 0 aliphatic carbocycles. The first kappa shape index (κ1) is 10.7. The van der Waals surface area contributed by atoms with Crippen molar-refractivity contribution in [2.24, 2.45) is 0 Å². The predicted molar refractivity (Wildman–Crippen MR) is 67.9 cm³/mol. The number of nitrogen functional groups attached to an aromatic ring is 1. The van der Waals surface area contributed by atoms with Crippen molar-refractivity contribution >= 4 is 17.6 Å². The van der Waals surface area contributed by atoms with Crippen LogP contribution in [-0.4, -0.2) is 54.6 Å². The van der Waals surface area contributed by atoms with Crippen molar-refractivity contribution in [2.75, 3.05) is 38.6 Å². The van der Waals surface area contributed by atoms with Gasteiger partial charge in [-0.2, -0.15) is 0 Å². The van der Waals surface area contributed by atoms with Gasteiger partial charge in [0.2, 0.25) is 5.69 Å². The highest BCUT2D eigenvalue weighted by molar-refractivity contribution is 5.57. The maximum Gasteiger partial charge on any atom is 0.205 e. The van der Waals surface area contributed by atoms with Gasteiger partial charge in [0.15, 0.2) is 12.8 Å². The molecule has 4 heteroatoms. The lowest BCUT2D eigenvalue weighted by Gasteiger charge is -2.36. The van der Waals surface area contributed by atoms with Gasteiger partial charge in [0.25, 0.3) is 0 Å². The Morgan fingerprint density at radius 3 is 2.53 bits per heavy atom. The average molecular weight is 232 g/mol. The Morgan fingerprint density at radius 2 is 2.00 bits per heavy atom. The molecule has 1 saturated heterocycles. The van der Waals surface area contributed by atoms with E-state index in [-0.39, 0.29) is 0 Å². The van der Waals surface area contributed by atoms with Crippen LogP contribution in [0.3, 0.4) is 0 Å². The van der Waals surface area contributed by atoms with Gasteiger partial charge in [0.1, 0.15) is 0 Å². The number of rotatable bonds is 2. The van der Waals surface area contributed by atoms with Gasteiger partial charge in [-0.15, -0.1) is 0 Å². The molecule has 0 radical (unpaired) electrons. The van der Waals surface area contributed by atoms with E-state index in [0.717, 1.165) is 38.5 Å². The standard InChI is InChI=1S/C13H18N3O/c14-11-1-3-12(4-2-11)15-5-7-16(8-6-15)13-9-17-10-13/h1-5,13H,6-10,14H2/q+1. The number of nitrogens with zero attached hydrogens (tertiary/aromatic N) is 2. The number of hydrogen-bond acceptors (Lipinski definition) is 3. The molecule has 0 unspecified atom stereocenters. The highest BCUT2D eigenvalue weighted by Gasteiger charge is 2.29. The van der Waals surface area contributed by atoms with Gasteiger partial charge in [0, 0.05) is 17.8 Å². The molecule has 17 heavy (non-hydrogen) atoms. The third-order valence-electron chi connectivity index (χ3n) is 3.53. The van der Waals surface area contributed by atoms with E-state index < -0.39 is 0 Å². The molecule has 2 N–H and O–H groups in total. The van der Waals surface area contributed by atoms with Crippen molar-refractivity contribution in [2.45, 2.75) is 6.04 Å². The molecule has 0 atom stereocenters. The Kier molecular flexibility index (Phi) is 2.82. The second-order valence-electron chi connectivity index (χ2n) is 4.65. The van der Waals surface area contributed by atoms with Crippen LogP contribution in [0.5, 0.6) is 0 Å². The largest absolute Gasteiger partial charge is 0.399 e. The molecule has 4 nitrogen and oxygen atoms in total. The van der Waals surface area contributed by atoms with E-state index in [2.05, 4.69) is 27.8 Å². The number of benzene rings is 1. The Bertz CT molecular complexity index is 423. The van der Waals surface area contributed by atoms with Gasteiger partial charge in [-0.3, -0.25) is 4.90 Å². The molecule has 0 spiro atoms. The first-order valence-corrected chi connectivity index (χ1v) is 6.10. The summed E-state index contributed by atoms with van der Waals surface area (Å²) in [5, 5.41) is 0. The summed E-state index contributed by atoms with van der Waals surface area (Å²) in [6.45, 7) is 4.96. The van der Waals surface area contributed by atoms with E-state index in [1.54, 1.807) is 0 Å². The second-order valence-corrected chi connectivity index (χ2v) is 4.65. The summed E-state index contributed by atoms with van der Waals surface area (Å²) >= 11 is 0. The zero-order valence-corrected chi connectivity index (χ0v) is 9.88. The van der Waals surface area contributed by atoms with Crippen molar-refractivity contribution < 1.29 is 9.31 Å². The molecule has 0 aromatic heterocycles. The highest BCUT2D eigenvalue weighted by atomic mass is 16.5. The lowest BCUT2D eigenvalue weighted by Crippen LogP contribution is -2.53. The fourth-order valence-corrected chi connectivity index (χ4v) is 2.29. The van der Waals surface area contributed by atoms with Gasteiger partial charge in [-0.05, 0) is 12.1 Å². The Hall–Kier alpha value is -1.39. The third kappa shape index (κ3) is 2.18. The number of ether oxygens (including phenoxy) is 1. The van der Waals surface area contributed by atoms with Crippen molar-refractivity contribution in [3.05, 3.63) is 24.3 Å². The van der Waals surface area contributed by atoms with Crippen molar-refractivity contribution in [3.63, 3.8) is 0 Å². The molecule has 0 saturated carbocycles. The van der Waals surface area contributed by atoms with Crippen LogP contribution < -0.4 is 5.73 Å². The number of anilines is 1. The van der Waals surface area contributed by atoms with Crippen LogP contribution in [0.1, 0.15) is 0 Å². The summed E-state index contributed by atoms with van der Waals surface area (Å²) in [4.78, 5) is 2.48. The lowest BCUT2D eigenvalue weighted by molar-refractivity contribution is -0.445. The normalized spacial score (nSPS) is 22.0. The fourth-order valence-electron chi connectivity index (χ4n) is 2.29. The predicted octanol–water partition coefficient (Wildman–Crippen LogP) is 0.698. The Labute approximate surface area is 101 Å². The molecule has 1 aromatic carbocycles. The summed E-state index contributed by atoms with van der Waals surface area (Å²) in [5.74, 6) is 0. The van der Waals surface area contributed by atoms with Crippen LogP contribution in [0.4, 0.5) is 11.4 Å². The zero-order chi connectivity index (χ0) is 11.7. The first-order chi connectivity index (χ1) is 8.33. The van der Waals surface area contributed by atoms with E-state index >= 15 is 0 Å². The maximum absolute atomic E-state index is 5.69. The molecule has 2 aliphatic rings. The molecule has 2 heterocycles. The molecule has 1 aromatic rings. The van der Waals surface area contributed by atoms with Crippen LogP contribution in [0.15, 0.2) is 24.3 Å². The molecule has 0 amide bonds. The highest BCUT2D eigenvalue weighted by Crippen LogP contribution is 2.17. The van der Waals surface area contributed by atoms with Gasteiger partial charge in [0.05, 0.1) is 32.3 Å². The van der Waals surface area contributed by atoms with E-state index in [1.165, 1.54) is 5.69 Å². The summed E-state index contributed by atoms with van der Waals surface area (Å²) in [6, 6.07) is 8.70. The summed E-state index contributed by atoms with van der Waals surface area (Å²) in [6.07, 6.45) is 2.26. The van der Waals surface area contributed by atoms with Crippen molar-refractivity contribution in [1.29, 1.82) is 0 Å². The van der Waals surface area contributed by atoms with Crippen LogP contribution >= 0.6 is 0 Å². The topological polar surface area (TPSA) is 41.5 Å². The van der Waals surface area contributed by atoms with E-state index in [9.17, 15) is 0 Å². The number of hydrogen-bond donors (Lipinski definition) is 1. The molecule has 90 valence electrons. The molecule has 2 aliphatic heterocycles. The minimum absolute atomic E-state index is 0.639. The summed E-state index contributed by atoms with van der Waals surface area (Å²) in [7, 11) is 0. The average Bonchev–Trinajstić information content (AvgIpc) is 2.29. The molecular weight excluding hydrogens is 214 g/mol. The molecule has 3 rings (SSSR count). The van der Waals surface area contributed by atoms with Gasteiger partial charge in [-0.1, -0.05) is 0 Å². The van der Waals surface area contributed by atoms with Gasteiger partial charge >= 0.3 is 0 Å². The first-order valence-electron chi connectivity index (χ1n) is 6.10. The van der Waals surface area contributed by atoms with Gasteiger partial charge < -0.3 is 10.5 Å². The van der Waals surface area contributed by atoms with E-state index in [0.29, 0.717) is 6.04 Å². The van der Waals surface area contributed by atoms with Crippen LogP contribution in [0.25, 0.3) is 0 Å². The Balaban J connectivity index is 1.69. The monoisotopic (exact) mass is 232 g/mol. The molecule has 0 bridgehead atoms. The van der Waals surface area contributed by atoms with E-state index in [4.69, 9.17) is 10.5 Å². The SMILES string of the molecule is Nc1ccc([N+]2=CCN(C3COC3)CC2)cc1. The minimum Gasteiger partial charge on any atom is -0.399 e. The second kappa shape index (κ2) is 4.47. The van der Waals surface area contributed by atoms with Crippen LogP contribution in [0.2, 0.25) is 0 Å². The Morgan fingerprint density at radius 1 is 1.24 bits per heavy atom. The zero-order valence-electron chi connectivity index (χ0n) is 9.88. The van der Waals surface area contributed by atoms with Crippen LogP contribution in [0, 0.1) is 0 Å². The van der Waals surface area contributed by atoms with E-state index in [1.807, 2.05) is 12.1 Å². The number of nitrogens with two attached hydrogens (primary N) is 1. The fraction of sp³-hybridized carbons (Fsp3) is 0.462. The maximum atomic E-state index is 5.69. The lowest BCUT2D eigenvalue weighted by atomic mass is 10.2. The smallest absolute Gasteiger partial charge is 0.205 e. The minimum atomic E-state index is 0.639. The van der Waals surface area contributed by atoms with Crippen LogP contribution in [-0.2, 0) is 4.74 Å². The van der Waals surface area contributed by atoms with Crippen molar-refractivity contribution in [1.82, 2.24) is 4.90 Å². The summed E-state index contributed by atoms with van der Waals surface area (Å²) < 4.78 is 7.53. The summed E-state index contributed by atoms with van der Waals surface area (Å²) in [5.41, 5.74) is 7.74. The van der Waals surface area contributed by atoms with Crippen molar-refractivity contribution in [3.8, 4) is 0 Å².